The zero-order chi connectivity index (χ0) is 14.4. The van der Waals surface area contributed by atoms with Crippen molar-refractivity contribution in [3.05, 3.63) is 28.8 Å². The van der Waals surface area contributed by atoms with Gasteiger partial charge in [-0.25, -0.2) is 4.98 Å². The van der Waals surface area contributed by atoms with Crippen LogP contribution >= 0.6 is 11.8 Å². The Morgan fingerprint density at radius 2 is 2.14 bits per heavy atom. The summed E-state index contributed by atoms with van der Waals surface area (Å²) < 4.78 is 3.51. The monoisotopic (exact) mass is 301 g/mol. The van der Waals surface area contributed by atoms with Gasteiger partial charge in [0, 0.05) is 18.4 Å². The van der Waals surface area contributed by atoms with E-state index in [9.17, 15) is 4.79 Å². The number of hydrogen-bond acceptors (Lipinski definition) is 5. The maximum absolute atomic E-state index is 12.7. The van der Waals surface area contributed by atoms with E-state index < -0.39 is 0 Å². The molecule has 1 aliphatic carbocycles. The molecule has 0 aromatic carbocycles. The van der Waals surface area contributed by atoms with Crippen molar-refractivity contribution in [1.29, 1.82) is 0 Å². The lowest BCUT2D eigenvalue weighted by Crippen LogP contribution is -2.23. The highest BCUT2D eigenvalue weighted by Gasteiger charge is 2.19. The first-order valence-electron chi connectivity index (χ1n) is 7.08. The highest BCUT2D eigenvalue weighted by Crippen LogP contribution is 2.28. The lowest BCUT2D eigenvalue weighted by Gasteiger charge is -2.13. The molecular formula is C14H15N5OS. The molecule has 7 heteroatoms. The maximum atomic E-state index is 12.7. The second-order valence-electron chi connectivity index (χ2n) is 5.33. The SMILES string of the molecule is CSc1nc2ncc3c(=O)n(C4CCCC4)ccc3n2n1. The minimum Gasteiger partial charge on any atom is -0.312 e. The van der Waals surface area contributed by atoms with Crippen LogP contribution in [0, 0.1) is 0 Å². The van der Waals surface area contributed by atoms with Gasteiger partial charge in [0.15, 0.2) is 0 Å². The van der Waals surface area contributed by atoms with Gasteiger partial charge in [0.2, 0.25) is 5.16 Å². The predicted molar refractivity (Wildman–Crippen MR) is 81.8 cm³/mol. The molecule has 4 rings (SSSR count). The van der Waals surface area contributed by atoms with Gasteiger partial charge < -0.3 is 4.57 Å². The average Bonchev–Trinajstić information content (AvgIpc) is 3.16. The van der Waals surface area contributed by atoms with E-state index in [2.05, 4.69) is 15.1 Å². The van der Waals surface area contributed by atoms with Crippen LogP contribution < -0.4 is 5.56 Å². The van der Waals surface area contributed by atoms with Crippen molar-refractivity contribution in [3.63, 3.8) is 0 Å². The molecule has 1 aliphatic rings. The Morgan fingerprint density at radius 1 is 1.33 bits per heavy atom. The van der Waals surface area contributed by atoms with Gasteiger partial charge in [-0.3, -0.25) is 4.79 Å². The van der Waals surface area contributed by atoms with Crippen molar-refractivity contribution in [2.75, 3.05) is 6.26 Å². The number of pyridine rings is 1. The van der Waals surface area contributed by atoms with E-state index in [0.29, 0.717) is 22.4 Å². The van der Waals surface area contributed by atoms with Gasteiger partial charge in [-0.15, -0.1) is 5.10 Å². The highest BCUT2D eigenvalue weighted by atomic mass is 32.2. The Balaban J connectivity index is 1.97. The Hall–Kier alpha value is -1.89. The van der Waals surface area contributed by atoms with Crippen LogP contribution in [0.1, 0.15) is 31.7 Å². The third kappa shape index (κ3) is 1.95. The van der Waals surface area contributed by atoms with E-state index in [1.807, 2.05) is 23.1 Å². The molecule has 3 aromatic rings. The molecule has 0 atom stereocenters. The Bertz CT molecular complexity index is 878. The summed E-state index contributed by atoms with van der Waals surface area (Å²) in [6, 6.07) is 2.28. The van der Waals surface area contributed by atoms with E-state index in [1.165, 1.54) is 24.6 Å². The first-order chi connectivity index (χ1) is 10.3. The summed E-state index contributed by atoms with van der Waals surface area (Å²) in [4.78, 5) is 21.3. The lowest BCUT2D eigenvalue weighted by molar-refractivity contribution is 0.505. The number of nitrogens with zero attached hydrogens (tertiary/aromatic N) is 5. The minimum atomic E-state index is 0.0231. The van der Waals surface area contributed by atoms with E-state index in [4.69, 9.17) is 0 Å². The van der Waals surface area contributed by atoms with Crippen LogP contribution in [-0.4, -0.2) is 30.4 Å². The molecule has 3 aromatic heterocycles. The van der Waals surface area contributed by atoms with Crippen molar-refractivity contribution in [3.8, 4) is 0 Å². The normalized spacial score (nSPS) is 16.2. The molecule has 0 saturated heterocycles. The largest absolute Gasteiger partial charge is 0.312 e. The van der Waals surface area contributed by atoms with Crippen molar-refractivity contribution < 1.29 is 0 Å². The molecule has 0 spiro atoms. The molecule has 0 bridgehead atoms. The lowest BCUT2D eigenvalue weighted by atomic mass is 10.2. The number of rotatable bonds is 2. The molecule has 21 heavy (non-hydrogen) atoms. The van der Waals surface area contributed by atoms with Crippen molar-refractivity contribution in [2.45, 2.75) is 36.9 Å². The fraction of sp³-hybridized carbons (Fsp3) is 0.429. The van der Waals surface area contributed by atoms with Crippen LogP contribution in [-0.2, 0) is 0 Å². The molecule has 0 aliphatic heterocycles. The summed E-state index contributed by atoms with van der Waals surface area (Å²) >= 11 is 1.46. The molecule has 1 fully saturated rings. The van der Waals surface area contributed by atoms with Crippen LogP contribution in [0.2, 0.25) is 0 Å². The molecule has 6 nitrogen and oxygen atoms in total. The highest BCUT2D eigenvalue weighted by molar-refractivity contribution is 7.98. The third-order valence-electron chi connectivity index (χ3n) is 4.14. The zero-order valence-corrected chi connectivity index (χ0v) is 12.5. The van der Waals surface area contributed by atoms with Gasteiger partial charge in [0.05, 0.1) is 10.9 Å². The molecule has 0 unspecified atom stereocenters. The number of hydrogen-bond donors (Lipinski definition) is 0. The van der Waals surface area contributed by atoms with Crippen molar-refractivity contribution >= 4 is 28.4 Å². The number of fused-ring (bicyclic) bond motifs is 3. The molecule has 3 heterocycles. The van der Waals surface area contributed by atoms with Gasteiger partial charge in [0.1, 0.15) is 0 Å². The van der Waals surface area contributed by atoms with Gasteiger partial charge in [0.25, 0.3) is 11.3 Å². The third-order valence-corrected chi connectivity index (χ3v) is 4.68. The summed E-state index contributed by atoms with van der Waals surface area (Å²) in [5.41, 5.74) is 0.794. The summed E-state index contributed by atoms with van der Waals surface area (Å²) in [7, 11) is 0. The molecular weight excluding hydrogens is 286 g/mol. The van der Waals surface area contributed by atoms with E-state index in [0.717, 1.165) is 18.4 Å². The van der Waals surface area contributed by atoms with Crippen LogP contribution in [0.4, 0.5) is 0 Å². The number of aromatic nitrogens is 5. The van der Waals surface area contributed by atoms with Crippen LogP contribution in [0.3, 0.4) is 0 Å². The summed E-state index contributed by atoms with van der Waals surface area (Å²) in [6.07, 6.45) is 10.0. The second kappa shape index (κ2) is 4.84. The molecule has 0 radical (unpaired) electrons. The molecule has 1 saturated carbocycles. The summed E-state index contributed by atoms with van der Waals surface area (Å²) in [6.45, 7) is 0. The second-order valence-corrected chi connectivity index (χ2v) is 6.11. The van der Waals surface area contributed by atoms with Gasteiger partial charge >= 0.3 is 0 Å². The molecule has 0 amide bonds. The molecule has 0 N–H and O–H groups in total. The van der Waals surface area contributed by atoms with E-state index in [1.54, 1.807) is 10.7 Å². The zero-order valence-electron chi connectivity index (χ0n) is 11.7. The van der Waals surface area contributed by atoms with E-state index in [-0.39, 0.29) is 5.56 Å². The topological polar surface area (TPSA) is 65.1 Å². The summed E-state index contributed by atoms with van der Waals surface area (Å²) in [5, 5.41) is 5.65. The Labute approximate surface area is 125 Å². The smallest absolute Gasteiger partial charge is 0.261 e. The van der Waals surface area contributed by atoms with Gasteiger partial charge in [-0.2, -0.15) is 9.50 Å². The number of thioether (sulfide) groups is 1. The van der Waals surface area contributed by atoms with Crippen molar-refractivity contribution in [1.82, 2.24) is 24.1 Å². The Morgan fingerprint density at radius 3 is 2.90 bits per heavy atom. The fourth-order valence-electron chi connectivity index (χ4n) is 3.07. The molecule has 108 valence electrons. The van der Waals surface area contributed by atoms with Gasteiger partial charge in [-0.05, 0) is 25.2 Å². The first kappa shape index (κ1) is 12.8. The minimum absolute atomic E-state index is 0.0231. The fourth-order valence-corrected chi connectivity index (χ4v) is 3.41. The Kier molecular flexibility index (Phi) is 2.95. The van der Waals surface area contributed by atoms with E-state index >= 15 is 0 Å². The van der Waals surface area contributed by atoms with Crippen LogP contribution in [0.25, 0.3) is 16.7 Å². The average molecular weight is 301 g/mol. The maximum Gasteiger partial charge on any atom is 0.261 e. The standard InChI is InChI=1S/C14H15N5OS/c1-21-14-16-13-15-8-10-11(19(13)17-14)6-7-18(12(10)20)9-4-2-3-5-9/h6-9H,2-5H2,1H3. The van der Waals surface area contributed by atoms with Crippen molar-refractivity contribution in [2.24, 2.45) is 0 Å². The quantitative estimate of drug-likeness (QED) is 0.679. The van der Waals surface area contributed by atoms with Crippen LogP contribution in [0.15, 0.2) is 28.4 Å². The summed E-state index contributed by atoms with van der Waals surface area (Å²) in [5.74, 6) is 0.532. The predicted octanol–water partition coefficient (Wildman–Crippen LogP) is 2.28. The first-order valence-corrected chi connectivity index (χ1v) is 8.31. The van der Waals surface area contributed by atoms with Gasteiger partial charge in [-0.1, -0.05) is 24.6 Å². The van der Waals surface area contributed by atoms with Crippen LogP contribution in [0.5, 0.6) is 0 Å².